The lowest BCUT2D eigenvalue weighted by Gasteiger charge is -2.25. The molecule has 2 fully saturated rings. The van der Waals surface area contributed by atoms with E-state index in [1.54, 1.807) is 11.8 Å². The summed E-state index contributed by atoms with van der Waals surface area (Å²) >= 11 is 1.79. The van der Waals surface area contributed by atoms with E-state index in [1.807, 2.05) is 12.1 Å². The van der Waals surface area contributed by atoms with E-state index in [0.29, 0.717) is 23.3 Å². The molecular weight excluding hydrogens is 376 g/mol. The number of phenolic OH excluding ortho intramolecular Hbond substituents is 2. The summed E-state index contributed by atoms with van der Waals surface area (Å²) in [5.41, 5.74) is 4.50. The second-order valence-corrected chi connectivity index (χ2v) is 10.2. The summed E-state index contributed by atoms with van der Waals surface area (Å²) in [6, 6.07) is 8.37. The maximum Gasteiger partial charge on any atom is 0.119 e. The summed E-state index contributed by atoms with van der Waals surface area (Å²) in [6.45, 7) is 4.18. The first-order chi connectivity index (χ1) is 14.0. The van der Waals surface area contributed by atoms with Crippen LogP contribution in [0.2, 0.25) is 0 Å². The van der Waals surface area contributed by atoms with Crippen LogP contribution in [0.1, 0.15) is 98.3 Å². The molecule has 2 aliphatic carbocycles. The number of aromatic hydroxyl groups is 2. The number of rotatable bonds is 4. The topological polar surface area (TPSA) is 40.5 Å². The molecule has 0 aromatic heterocycles. The third-order valence-electron chi connectivity index (χ3n) is 6.96. The second-order valence-electron chi connectivity index (χ2n) is 9.12. The SMILES string of the molecule is Cc1cc(O)c(C2CCCCC2)cc1Sc1cc(C2CCCCC2)c(O)cc1C. The van der Waals surface area contributed by atoms with Crippen LogP contribution in [-0.4, -0.2) is 10.2 Å². The molecule has 0 saturated heterocycles. The molecule has 0 heterocycles. The van der Waals surface area contributed by atoms with Gasteiger partial charge in [0.25, 0.3) is 0 Å². The molecule has 0 radical (unpaired) electrons. The van der Waals surface area contributed by atoms with Gasteiger partial charge < -0.3 is 10.2 Å². The first-order valence-corrected chi connectivity index (χ1v) is 12.2. The fraction of sp³-hybridized carbons (Fsp3) is 0.538. The van der Waals surface area contributed by atoms with Crippen LogP contribution in [0.3, 0.4) is 0 Å². The van der Waals surface area contributed by atoms with Gasteiger partial charge in [0, 0.05) is 9.79 Å². The van der Waals surface area contributed by atoms with Crippen molar-refractivity contribution >= 4 is 11.8 Å². The molecule has 0 amide bonds. The summed E-state index contributed by atoms with van der Waals surface area (Å²) in [4.78, 5) is 2.46. The minimum atomic E-state index is 0.462. The summed E-state index contributed by atoms with van der Waals surface area (Å²) in [7, 11) is 0. The van der Waals surface area contributed by atoms with Gasteiger partial charge in [0.2, 0.25) is 0 Å². The van der Waals surface area contributed by atoms with E-state index in [2.05, 4.69) is 26.0 Å². The Morgan fingerprint density at radius 2 is 1.00 bits per heavy atom. The molecule has 156 valence electrons. The van der Waals surface area contributed by atoms with Crippen molar-refractivity contribution in [3.63, 3.8) is 0 Å². The largest absolute Gasteiger partial charge is 0.508 e. The predicted molar refractivity (Wildman–Crippen MR) is 121 cm³/mol. The molecular formula is C26H34O2S. The summed E-state index contributed by atoms with van der Waals surface area (Å²) in [5, 5.41) is 21.2. The van der Waals surface area contributed by atoms with Gasteiger partial charge in [-0.3, -0.25) is 0 Å². The monoisotopic (exact) mass is 410 g/mol. The van der Waals surface area contributed by atoms with Crippen molar-refractivity contribution in [1.29, 1.82) is 0 Å². The van der Waals surface area contributed by atoms with Crippen LogP contribution in [0.15, 0.2) is 34.1 Å². The van der Waals surface area contributed by atoms with Crippen molar-refractivity contribution < 1.29 is 10.2 Å². The van der Waals surface area contributed by atoms with Crippen LogP contribution >= 0.6 is 11.8 Å². The average molecular weight is 411 g/mol. The predicted octanol–water partition coefficient (Wildman–Crippen LogP) is 7.96. The smallest absolute Gasteiger partial charge is 0.119 e. The lowest BCUT2D eigenvalue weighted by molar-refractivity contribution is 0.413. The van der Waals surface area contributed by atoms with Crippen molar-refractivity contribution in [2.24, 2.45) is 0 Å². The Bertz CT molecular complexity index is 790. The highest BCUT2D eigenvalue weighted by Crippen LogP contribution is 2.44. The van der Waals surface area contributed by atoms with Gasteiger partial charge in [0.05, 0.1) is 0 Å². The zero-order valence-corrected chi connectivity index (χ0v) is 18.7. The fourth-order valence-corrected chi connectivity index (χ4v) is 6.25. The van der Waals surface area contributed by atoms with Crippen LogP contribution in [-0.2, 0) is 0 Å². The van der Waals surface area contributed by atoms with Gasteiger partial charge in [-0.15, -0.1) is 0 Å². The summed E-state index contributed by atoms with van der Waals surface area (Å²) in [6.07, 6.45) is 12.4. The minimum Gasteiger partial charge on any atom is -0.508 e. The molecule has 0 atom stereocenters. The van der Waals surface area contributed by atoms with Crippen LogP contribution < -0.4 is 0 Å². The Balaban J connectivity index is 1.64. The molecule has 29 heavy (non-hydrogen) atoms. The molecule has 3 heteroatoms. The van der Waals surface area contributed by atoms with E-state index in [0.717, 1.165) is 22.3 Å². The van der Waals surface area contributed by atoms with Crippen molar-refractivity contribution in [3.8, 4) is 11.5 Å². The van der Waals surface area contributed by atoms with Crippen LogP contribution in [0.25, 0.3) is 0 Å². The van der Waals surface area contributed by atoms with Crippen LogP contribution in [0.5, 0.6) is 11.5 Å². The van der Waals surface area contributed by atoms with Crippen molar-refractivity contribution in [2.45, 2.75) is 99.7 Å². The molecule has 2 aliphatic rings. The number of hydrogen-bond acceptors (Lipinski definition) is 3. The summed E-state index contributed by atoms with van der Waals surface area (Å²) in [5.74, 6) is 1.90. The van der Waals surface area contributed by atoms with Crippen LogP contribution in [0.4, 0.5) is 0 Å². The molecule has 0 aliphatic heterocycles. The molecule has 2 N–H and O–H groups in total. The van der Waals surface area contributed by atoms with E-state index < -0.39 is 0 Å². The van der Waals surface area contributed by atoms with E-state index >= 15 is 0 Å². The third kappa shape index (κ3) is 4.60. The van der Waals surface area contributed by atoms with Crippen molar-refractivity contribution in [2.75, 3.05) is 0 Å². The zero-order valence-electron chi connectivity index (χ0n) is 17.8. The Kier molecular flexibility index (Phi) is 6.44. The second kappa shape index (κ2) is 9.04. The molecule has 4 rings (SSSR count). The Morgan fingerprint density at radius 3 is 1.38 bits per heavy atom. The van der Waals surface area contributed by atoms with Gasteiger partial charge in [0.15, 0.2) is 0 Å². The lowest BCUT2D eigenvalue weighted by atomic mass is 9.83. The normalized spacial score (nSPS) is 18.8. The van der Waals surface area contributed by atoms with Crippen molar-refractivity contribution in [1.82, 2.24) is 0 Å². The van der Waals surface area contributed by atoms with E-state index in [-0.39, 0.29) is 0 Å². The Labute approximate surface area is 179 Å². The Morgan fingerprint density at radius 1 is 0.621 bits per heavy atom. The molecule has 0 spiro atoms. The van der Waals surface area contributed by atoms with Gasteiger partial charge in [0.1, 0.15) is 11.5 Å². The highest BCUT2D eigenvalue weighted by atomic mass is 32.2. The molecule has 2 aromatic rings. The standard InChI is InChI=1S/C26H34O2S/c1-17-13-23(27)21(19-9-5-3-6-10-19)15-25(17)29-26-16-22(24(28)14-18(26)2)20-11-7-4-8-12-20/h13-16,19-20,27-28H,3-12H2,1-2H3. The van der Waals surface area contributed by atoms with E-state index in [4.69, 9.17) is 0 Å². The molecule has 2 nitrogen and oxygen atoms in total. The van der Waals surface area contributed by atoms with Gasteiger partial charge in [-0.2, -0.15) is 0 Å². The molecule has 2 saturated carbocycles. The summed E-state index contributed by atoms with van der Waals surface area (Å²) < 4.78 is 0. The van der Waals surface area contributed by atoms with E-state index in [1.165, 1.54) is 74.0 Å². The number of hydrogen-bond donors (Lipinski definition) is 2. The molecule has 0 unspecified atom stereocenters. The first kappa shape index (κ1) is 20.7. The van der Waals surface area contributed by atoms with Gasteiger partial charge in [-0.25, -0.2) is 0 Å². The third-order valence-corrected chi connectivity index (χ3v) is 8.28. The van der Waals surface area contributed by atoms with Gasteiger partial charge in [-0.1, -0.05) is 50.3 Å². The first-order valence-electron chi connectivity index (χ1n) is 11.4. The number of benzene rings is 2. The van der Waals surface area contributed by atoms with Gasteiger partial charge >= 0.3 is 0 Å². The number of aryl methyl sites for hydroxylation is 2. The maximum atomic E-state index is 10.6. The molecule has 0 bridgehead atoms. The highest BCUT2D eigenvalue weighted by molar-refractivity contribution is 7.99. The average Bonchev–Trinajstić information content (AvgIpc) is 2.73. The maximum absolute atomic E-state index is 10.6. The minimum absolute atomic E-state index is 0.462. The Hall–Kier alpha value is -1.61. The van der Waals surface area contributed by atoms with Crippen LogP contribution in [0, 0.1) is 13.8 Å². The quantitative estimate of drug-likeness (QED) is 0.537. The zero-order chi connectivity index (χ0) is 20.4. The van der Waals surface area contributed by atoms with E-state index in [9.17, 15) is 10.2 Å². The number of phenols is 2. The fourth-order valence-electron chi connectivity index (χ4n) is 5.20. The lowest BCUT2D eigenvalue weighted by Crippen LogP contribution is -2.06. The van der Waals surface area contributed by atoms with Crippen molar-refractivity contribution in [3.05, 3.63) is 46.5 Å². The molecule has 2 aromatic carbocycles. The highest BCUT2D eigenvalue weighted by Gasteiger charge is 2.22. The van der Waals surface area contributed by atoms with Gasteiger partial charge in [-0.05, 0) is 97.9 Å².